The van der Waals surface area contributed by atoms with E-state index in [9.17, 15) is 5.11 Å². The lowest BCUT2D eigenvalue weighted by atomic mass is 9.94. The zero-order valence-corrected chi connectivity index (χ0v) is 11.3. The fraction of sp³-hybridized carbons (Fsp3) is 0.308. The van der Waals surface area contributed by atoms with Crippen molar-refractivity contribution in [3.05, 3.63) is 52.3 Å². The molecule has 0 spiro atoms. The Balaban J connectivity index is 2.16. The highest BCUT2D eigenvalue weighted by molar-refractivity contribution is 9.10. The van der Waals surface area contributed by atoms with Crippen molar-refractivity contribution in [3.8, 4) is 0 Å². The summed E-state index contributed by atoms with van der Waals surface area (Å²) in [4.78, 5) is 0. The fourth-order valence-electron chi connectivity index (χ4n) is 1.91. The molecule has 2 aromatic rings. The quantitative estimate of drug-likeness (QED) is 0.941. The monoisotopic (exact) mass is 294 g/mol. The summed E-state index contributed by atoms with van der Waals surface area (Å²) < 4.78 is 2.82. The van der Waals surface area contributed by atoms with Crippen LogP contribution in [0.15, 0.2) is 41.1 Å². The second kappa shape index (κ2) is 5.47. The largest absolute Gasteiger partial charge is 0.396 e. The molecule has 0 saturated carbocycles. The van der Waals surface area contributed by atoms with Crippen LogP contribution < -0.4 is 0 Å². The number of aryl methyl sites for hydroxylation is 1. The number of aliphatic hydroxyl groups is 1. The van der Waals surface area contributed by atoms with E-state index in [2.05, 4.69) is 27.1 Å². The summed E-state index contributed by atoms with van der Waals surface area (Å²) in [5.41, 5.74) is 2.29. The van der Waals surface area contributed by atoms with Crippen LogP contribution in [-0.2, 0) is 13.5 Å². The number of benzene rings is 1. The number of hydrogen-bond acceptors (Lipinski definition) is 2. The maximum absolute atomic E-state index is 9.50. The summed E-state index contributed by atoms with van der Waals surface area (Å²) in [6.45, 7) is 0.144. The third-order valence-electron chi connectivity index (χ3n) is 2.78. The molecule has 17 heavy (non-hydrogen) atoms. The first-order valence-electron chi connectivity index (χ1n) is 5.53. The van der Waals surface area contributed by atoms with Crippen molar-refractivity contribution in [2.24, 2.45) is 7.05 Å². The molecule has 0 saturated heterocycles. The van der Waals surface area contributed by atoms with Gasteiger partial charge in [-0.05, 0) is 29.7 Å². The molecule has 4 heteroatoms. The highest BCUT2D eigenvalue weighted by Crippen LogP contribution is 2.23. The zero-order chi connectivity index (χ0) is 12.3. The molecule has 0 fully saturated rings. The van der Waals surface area contributed by atoms with Gasteiger partial charge in [0.1, 0.15) is 0 Å². The van der Waals surface area contributed by atoms with Gasteiger partial charge < -0.3 is 5.11 Å². The van der Waals surface area contributed by atoms with Crippen molar-refractivity contribution in [2.75, 3.05) is 6.61 Å². The molecular formula is C13H15BrN2O. The van der Waals surface area contributed by atoms with Gasteiger partial charge in [0.05, 0.1) is 12.8 Å². The van der Waals surface area contributed by atoms with Crippen molar-refractivity contribution in [3.63, 3.8) is 0 Å². The van der Waals surface area contributed by atoms with Gasteiger partial charge in [-0.2, -0.15) is 5.10 Å². The van der Waals surface area contributed by atoms with Crippen LogP contribution >= 0.6 is 15.9 Å². The Hall–Kier alpha value is -1.13. The van der Waals surface area contributed by atoms with Crippen molar-refractivity contribution in [1.82, 2.24) is 9.78 Å². The average Bonchev–Trinajstić information content (AvgIpc) is 2.72. The first-order valence-corrected chi connectivity index (χ1v) is 6.32. The number of aliphatic hydroxyl groups excluding tert-OH is 1. The van der Waals surface area contributed by atoms with Crippen molar-refractivity contribution >= 4 is 15.9 Å². The number of hydrogen-bond donors (Lipinski definition) is 1. The van der Waals surface area contributed by atoms with Gasteiger partial charge in [0, 0.05) is 23.6 Å². The van der Waals surface area contributed by atoms with E-state index in [0.29, 0.717) is 0 Å². The lowest BCUT2D eigenvalue weighted by molar-refractivity contribution is 0.264. The minimum atomic E-state index is 0.122. The molecular weight excluding hydrogens is 280 g/mol. The van der Waals surface area contributed by atoms with Crippen LogP contribution in [0.25, 0.3) is 0 Å². The Morgan fingerprint density at radius 1 is 1.47 bits per heavy atom. The lowest BCUT2D eigenvalue weighted by Crippen LogP contribution is -2.07. The summed E-state index contributed by atoms with van der Waals surface area (Å²) in [7, 11) is 1.90. The molecule has 0 radical (unpaired) electrons. The summed E-state index contributed by atoms with van der Waals surface area (Å²) in [6, 6.07) is 8.08. The van der Waals surface area contributed by atoms with Gasteiger partial charge >= 0.3 is 0 Å². The minimum Gasteiger partial charge on any atom is -0.396 e. The van der Waals surface area contributed by atoms with Crippen LogP contribution in [0.5, 0.6) is 0 Å². The second-order valence-electron chi connectivity index (χ2n) is 4.16. The Morgan fingerprint density at radius 2 is 2.29 bits per heavy atom. The van der Waals surface area contributed by atoms with E-state index in [-0.39, 0.29) is 12.5 Å². The maximum Gasteiger partial charge on any atom is 0.0521 e. The SMILES string of the molecule is Cn1cc(CC(CO)c2cccc(Br)c2)cn1. The van der Waals surface area contributed by atoms with Crippen LogP contribution in [-0.4, -0.2) is 21.5 Å². The molecule has 1 unspecified atom stereocenters. The van der Waals surface area contributed by atoms with Crippen molar-refractivity contribution in [1.29, 1.82) is 0 Å². The zero-order valence-electron chi connectivity index (χ0n) is 9.68. The summed E-state index contributed by atoms with van der Waals surface area (Å²) >= 11 is 3.45. The van der Waals surface area contributed by atoms with E-state index < -0.39 is 0 Å². The number of aromatic nitrogens is 2. The minimum absolute atomic E-state index is 0.122. The molecule has 0 aliphatic rings. The Labute approximate surface area is 109 Å². The normalized spacial score (nSPS) is 12.6. The van der Waals surface area contributed by atoms with Crippen LogP contribution in [0, 0.1) is 0 Å². The van der Waals surface area contributed by atoms with Crippen LogP contribution in [0.3, 0.4) is 0 Å². The number of nitrogens with zero attached hydrogens (tertiary/aromatic N) is 2. The molecule has 1 atom stereocenters. The lowest BCUT2D eigenvalue weighted by Gasteiger charge is -2.13. The molecule has 2 rings (SSSR count). The van der Waals surface area contributed by atoms with E-state index in [1.165, 1.54) is 0 Å². The highest BCUT2D eigenvalue weighted by atomic mass is 79.9. The van der Waals surface area contributed by atoms with E-state index in [1.54, 1.807) is 4.68 Å². The Kier molecular flexibility index (Phi) is 3.97. The van der Waals surface area contributed by atoms with Crippen LogP contribution in [0.2, 0.25) is 0 Å². The van der Waals surface area contributed by atoms with Gasteiger partial charge in [0.15, 0.2) is 0 Å². The first-order chi connectivity index (χ1) is 8.19. The maximum atomic E-state index is 9.50. The fourth-order valence-corrected chi connectivity index (χ4v) is 2.33. The van der Waals surface area contributed by atoms with Gasteiger partial charge in [-0.25, -0.2) is 0 Å². The smallest absolute Gasteiger partial charge is 0.0521 e. The Bertz CT molecular complexity index is 496. The molecule has 1 N–H and O–H groups in total. The van der Waals surface area contributed by atoms with Gasteiger partial charge in [-0.15, -0.1) is 0 Å². The van der Waals surface area contributed by atoms with Gasteiger partial charge in [0.2, 0.25) is 0 Å². The van der Waals surface area contributed by atoms with Crippen LogP contribution in [0.4, 0.5) is 0 Å². The third-order valence-corrected chi connectivity index (χ3v) is 3.27. The Morgan fingerprint density at radius 3 is 2.88 bits per heavy atom. The van der Waals surface area contributed by atoms with Gasteiger partial charge in [-0.3, -0.25) is 4.68 Å². The second-order valence-corrected chi connectivity index (χ2v) is 5.08. The van der Waals surface area contributed by atoms with E-state index in [1.807, 2.05) is 37.6 Å². The molecule has 0 aliphatic carbocycles. The summed E-state index contributed by atoms with van der Waals surface area (Å²) in [6.07, 6.45) is 4.64. The molecule has 3 nitrogen and oxygen atoms in total. The van der Waals surface area contributed by atoms with Crippen molar-refractivity contribution in [2.45, 2.75) is 12.3 Å². The first kappa shape index (κ1) is 12.3. The standard InChI is InChI=1S/C13H15BrN2O/c1-16-8-10(7-15-16)5-12(9-17)11-3-2-4-13(14)6-11/h2-4,6-8,12,17H,5,9H2,1H3. The topological polar surface area (TPSA) is 38.0 Å². The van der Waals surface area contributed by atoms with Gasteiger partial charge in [-0.1, -0.05) is 28.1 Å². The third kappa shape index (κ3) is 3.17. The molecule has 1 aromatic carbocycles. The van der Waals surface area contributed by atoms with E-state index in [4.69, 9.17) is 0 Å². The predicted octanol–water partition coefficient (Wildman–Crippen LogP) is 2.50. The molecule has 1 heterocycles. The molecule has 90 valence electrons. The van der Waals surface area contributed by atoms with E-state index in [0.717, 1.165) is 22.0 Å². The number of rotatable bonds is 4. The van der Waals surface area contributed by atoms with Crippen molar-refractivity contribution < 1.29 is 5.11 Å². The predicted molar refractivity (Wildman–Crippen MR) is 70.9 cm³/mol. The van der Waals surface area contributed by atoms with Crippen LogP contribution in [0.1, 0.15) is 17.0 Å². The molecule has 0 aliphatic heterocycles. The highest BCUT2D eigenvalue weighted by Gasteiger charge is 2.12. The average molecular weight is 295 g/mol. The van der Waals surface area contributed by atoms with Gasteiger partial charge in [0.25, 0.3) is 0 Å². The summed E-state index contributed by atoms with van der Waals surface area (Å²) in [5, 5.41) is 13.6. The number of halogens is 1. The molecule has 0 bridgehead atoms. The molecule has 1 aromatic heterocycles. The van der Waals surface area contributed by atoms with E-state index >= 15 is 0 Å². The molecule has 0 amide bonds. The summed E-state index contributed by atoms with van der Waals surface area (Å²) in [5.74, 6) is 0.122.